The predicted molar refractivity (Wildman–Crippen MR) is 131 cm³/mol. The van der Waals surface area contributed by atoms with E-state index in [2.05, 4.69) is 42.8 Å². The van der Waals surface area contributed by atoms with E-state index in [9.17, 15) is 9.59 Å². The van der Waals surface area contributed by atoms with Gasteiger partial charge >= 0.3 is 0 Å². The number of nitrogens with two attached hydrogens (primary N) is 1. The van der Waals surface area contributed by atoms with E-state index in [-0.39, 0.29) is 12.3 Å². The number of benzene rings is 2. The normalized spacial score (nSPS) is 20.6. The van der Waals surface area contributed by atoms with E-state index >= 15 is 0 Å². The van der Waals surface area contributed by atoms with Crippen LogP contribution in [0.4, 0.5) is 11.4 Å². The summed E-state index contributed by atoms with van der Waals surface area (Å²) in [6.07, 6.45) is 1.03. The molecule has 2 aliphatic rings. The molecule has 4 rings (SSSR count). The molecule has 176 valence electrons. The molecule has 1 saturated heterocycles. The van der Waals surface area contributed by atoms with E-state index in [0.717, 1.165) is 53.3 Å². The molecule has 0 aromatic heterocycles. The molecule has 33 heavy (non-hydrogen) atoms. The van der Waals surface area contributed by atoms with Gasteiger partial charge < -0.3 is 20.3 Å². The summed E-state index contributed by atoms with van der Waals surface area (Å²) in [5.41, 5.74) is 10.7. The second-order valence-corrected chi connectivity index (χ2v) is 9.35. The number of methoxy groups -OCH3 is 1. The maximum Gasteiger partial charge on any atom is 0.248 e. The van der Waals surface area contributed by atoms with Gasteiger partial charge in [0.1, 0.15) is 5.75 Å². The van der Waals surface area contributed by atoms with E-state index in [1.165, 1.54) is 0 Å². The number of amides is 2. The lowest BCUT2D eigenvalue weighted by Gasteiger charge is -2.44. The Kier molecular flexibility index (Phi) is 6.34. The molecule has 2 aromatic rings. The minimum atomic E-state index is -0.472. The van der Waals surface area contributed by atoms with Gasteiger partial charge in [0.05, 0.1) is 19.2 Å². The third-order valence-corrected chi connectivity index (χ3v) is 7.33. The molecule has 0 radical (unpaired) electrons. The Morgan fingerprint density at radius 2 is 1.82 bits per heavy atom. The van der Waals surface area contributed by atoms with Gasteiger partial charge in [-0.15, -0.1) is 0 Å². The van der Waals surface area contributed by atoms with Gasteiger partial charge in [0.15, 0.2) is 0 Å². The number of likely N-dealkylation sites (N-methyl/N-ethyl adjacent to an activating group) is 1. The van der Waals surface area contributed by atoms with Gasteiger partial charge in [0.2, 0.25) is 11.8 Å². The molecular weight excluding hydrogens is 416 g/mol. The summed E-state index contributed by atoms with van der Waals surface area (Å²) in [5.74, 6) is 0.410. The third kappa shape index (κ3) is 4.29. The fraction of sp³-hybridized carbons (Fsp3) is 0.462. The second kappa shape index (κ2) is 9.06. The summed E-state index contributed by atoms with van der Waals surface area (Å²) < 4.78 is 5.76. The number of anilines is 2. The predicted octanol–water partition coefficient (Wildman–Crippen LogP) is 2.76. The lowest BCUT2D eigenvalue weighted by Crippen LogP contribution is -2.55. The number of hydrogen-bond donors (Lipinski definition) is 1. The molecule has 0 saturated carbocycles. The average molecular weight is 451 g/mol. The van der Waals surface area contributed by atoms with E-state index in [0.29, 0.717) is 24.2 Å². The molecule has 1 fully saturated rings. The van der Waals surface area contributed by atoms with Crippen LogP contribution in [0.3, 0.4) is 0 Å². The largest absolute Gasteiger partial charge is 0.495 e. The highest BCUT2D eigenvalue weighted by Crippen LogP contribution is 2.40. The van der Waals surface area contributed by atoms with Gasteiger partial charge in [-0.25, -0.2) is 0 Å². The molecule has 2 N–H and O–H groups in total. The van der Waals surface area contributed by atoms with Gasteiger partial charge in [0, 0.05) is 43.0 Å². The van der Waals surface area contributed by atoms with Crippen LogP contribution in [-0.2, 0) is 17.6 Å². The number of rotatable bonds is 5. The Balaban J connectivity index is 1.63. The van der Waals surface area contributed by atoms with Crippen LogP contribution in [0.2, 0.25) is 0 Å². The number of nitrogens with zero attached hydrogens (tertiary/aromatic N) is 3. The first-order valence-electron chi connectivity index (χ1n) is 11.6. The molecule has 2 unspecified atom stereocenters. The zero-order valence-corrected chi connectivity index (χ0v) is 20.2. The maximum atomic E-state index is 13.4. The smallest absolute Gasteiger partial charge is 0.248 e. The number of carbonyl (C=O) groups is 2. The molecule has 2 amide bonds. The van der Waals surface area contributed by atoms with E-state index in [1.807, 2.05) is 17.9 Å². The summed E-state index contributed by atoms with van der Waals surface area (Å²) in [6, 6.07) is 10.4. The average Bonchev–Trinajstić information content (AvgIpc) is 3.20. The minimum absolute atomic E-state index is 0.0229. The summed E-state index contributed by atoms with van der Waals surface area (Å²) >= 11 is 0. The monoisotopic (exact) mass is 450 g/mol. The highest BCUT2D eigenvalue weighted by atomic mass is 16.5. The van der Waals surface area contributed by atoms with Gasteiger partial charge in [-0.1, -0.05) is 12.1 Å². The van der Waals surface area contributed by atoms with Crippen molar-refractivity contribution in [3.8, 4) is 5.75 Å². The maximum absolute atomic E-state index is 13.4. The van der Waals surface area contributed by atoms with Crippen LogP contribution < -0.4 is 20.3 Å². The van der Waals surface area contributed by atoms with Gasteiger partial charge in [0.25, 0.3) is 0 Å². The van der Waals surface area contributed by atoms with E-state index in [4.69, 9.17) is 10.5 Å². The van der Waals surface area contributed by atoms with E-state index < -0.39 is 5.91 Å². The SMILES string of the molecule is COc1cc2c(cc1N1CC(C)N(C)C(C)C1)N(C(=O)Cc1cccc(C(N)=O)c1C)CC2. The van der Waals surface area contributed by atoms with Crippen molar-refractivity contribution in [3.63, 3.8) is 0 Å². The van der Waals surface area contributed by atoms with Crippen LogP contribution in [0, 0.1) is 6.92 Å². The summed E-state index contributed by atoms with van der Waals surface area (Å²) in [5, 5.41) is 0. The fourth-order valence-corrected chi connectivity index (χ4v) is 5.07. The Morgan fingerprint density at radius 1 is 1.12 bits per heavy atom. The number of fused-ring (bicyclic) bond motifs is 1. The van der Waals surface area contributed by atoms with Gasteiger partial charge in [-0.05, 0) is 69.1 Å². The molecule has 7 heteroatoms. The number of piperazine rings is 1. The van der Waals surface area contributed by atoms with Crippen molar-refractivity contribution in [2.24, 2.45) is 5.73 Å². The second-order valence-electron chi connectivity index (χ2n) is 9.35. The van der Waals surface area contributed by atoms with Crippen LogP contribution in [-0.4, -0.2) is 62.6 Å². The van der Waals surface area contributed by atoms with E-state index in [1.54, 1.807) is 19.2 Å². The Bertz CT molecular complexity index is 1070. The molecule has 0 spiro atoms. The van der Waals surface area contributed by atoms with Gasteiger partial charge in [-0.2, -0.15) is 0 Å². The van der Waals surface area contributed by atoms with Crippen LogP contribution in [0.5, 0.6) is 5.75 Å². The molecule has 2 aliphatic heterocycles. The number of ether oxygens (including phenoxy) is 1. The van der Waals surface area contributed by atoms with Crippen molar-refractivity contribution in [1.29, 1.82) is 0 Å². The first-order valence-corrected chi connectivity index (χ1v) is 11.6. The van der Waals surface area contributed by atoms with Crippen LogP contribution in [0.15, 0.2) is 30.3 Å². The van der Waals surface area contributed by atoms with Gasteiger partial charge in [-0.3, -0.25) is 14.5 Å². The minimum Gasteiger partial charge on any atom is -0.495 e. The van der Waals surface area contributed by atoms with Crippen LogP contribution >= 0.6 is 0 Å². The standard InChI is InChI=1S/C26H34N4O3/c1-16-14-29(15-17(2)28(16)4)23-13-22-20(11-24(23)33-5)9-10-30(22)25(31)12-19-7-6-8-21(18(19)3)26(27)32/h6-8,11,13,16-17H,9-10,12,14-15H2,1-5H3,(H2,27,32). The molecular formula is C26H34N4O3. The first kappa shape index (κ1) is 23.1. The summed E-state index contributed by atoms with van der Waals surface area (Å²) in [7, 11) is 3.88. The summed E-state index contributed by atoms with van der Waals surface area (Å²) in [6.45, 7) is 8.78. The van der Waals surface area contributed by atoms with Crippen molar-refractivity contribution in [2.45, 2.75) is 45.7 Å². The molecule has 2 aromatic carbocycles. The Hall–Kier alpha value is -3.06. The number of carbonyl (C=O) groups excluding carboxylic acids is 2. The van der Waals surface area contributed by atoms with Crippen LogP contribution in [0.25, 0.3) is 0 Å². The number of primary amides is 1. The molecule has 2 atom stereocenters. The molecule has 0 aliphatic carbocycles. The first-order chi connectivity index (χ1) is 15.7. The topological polar surface area (TPSA) is 79.1 Å². The van der Waals surface area contributed by atoms with Crippen molar-refractivity contribution in [2.75, 3.05) is 43.6 Å². The van der Waals surface area contributed by atoms with Crippen molar-refractivity contribution in [1.82, 2.24) is 4.90 Å². The van der Waals surface area contributed by atoms with Crippen molar-refractivity contribution < 1.29 is 14.3 Å². The quantitative estimate of drug-likeness (QED) is 0.758. The Labute approximate surface area is 196 Å². The molecule has 7 nitrogen and oxygen atoms in total. The molecule has 2 heterocycles. The Morgan fingerprint density at radius 3 is 2.45 bits per heavy atom. The highest BCUT2D eigenvalue weighted by molar-refractivity contribution is 5.99. The number of hydrogen-bond acceptors (Lipinski definition) is 5. The van der Waals surface area contributed by atoms with Crippen molar-refractivity contribution >= 4 is 23.2 Å². The zero-order valence-electron chi connectivity index (χ0n) is 20.2. The van der Waals surface area contributed by atoms with Crippen LogP contribution in [0.1, 0.15) is 40.9 Å². The van der Waals surface area contributed by atoms with Crippen molar-refractivity contribution in [3.05, 3.63) is 52.6 Å². The zero-order chi connectivity index (χ0) is 23.9. The third-order valence-electron chi connectivity index (χ3n) is 7.33. The lowest BCUT2D eigenvalue weighted by molar-refractivity contribution is -0.117. The molecule has 0 bridgehead atoms. The highest BCUT2D eigenvalue weighted by Gasteiger charge is 2.32. The lowest BCUT2D eigenvalue weighted by atomic mass is 9.99. The summed E-state index contributed by atoms with van der Waals surface area (Å²) in [4.78, 5) is 31.7. The fourth-order valence-electron chi connectivity index (χ4n) is 5.07.